The summed E-state index contributed by atoms with van der Waals surface area (Å²) in [5, 5.41) is 11.4. The normalized spacial score (nSPS) is 12.1. The zero-order chi connectivity index (χ0) is 27.3. The molecule has 4 aromatic rings. The fourth-order valence-electron chi connectivity index (χ4n) is 4.30. The van der Waals surface area contributed by atoms with Crippen molar-refractivity contribution < 1.29 is 19.1 Å². The SMILES string of the molecule is COc1ccc(OC)c([C@@H](C(=O)NC(C)(C)C)N(Cc2ccccc2)C(=O)Cn2nnc3ccccc32)c1. The minimum atomic E-state index is -1.01. The molecule has 9 nitrogen and oxygen atoms in total. The summed E-state index contributed by atoms with van der Waals surface area (Å²) in [5.41, 5.74) is 2.27. The summed E-state index contributed by atoms with van der Waals surface area (Å²) >= 11 is 0. The lowest BCUT2D eigenvalue weighted by Gasteiger charge is -2.34. The molecule has 1 N–H and O–H groups in total. The van der Waals surface area contributed by atoms with Gasteiger partial charge in [0.25, 0.3) is 0 Å². The third kappa shape index (κ3) is 6.11. The van der Waals surface area contributed by atoms with E-state index >= 15 is 0 Å². The number of nitrogens with zero attached hydrogens (tertiary/aromatic N) is 4. The Balaban J connectivity index is 1.83. The van der Waals surface area contributed by atoms with E-state index in [4.69, 9.17) is 9.47 Å². The van der Waals surface area contributed by atoms with Gasteiger partial charge in [-0.15, -0.1) is 5.10 Å². The predicted molar refractivity (Wildman–Crippen MR) is 145 cm³/mol. The van der Waals surface area contributed by atoms with Crippen LogP contribution in [0.2, 0.25) is 0 Å². The van der Waals surface area contributed by atoms with Gasteiger partial charge >= 0.3 is 0 Å². The van der Waals surface area contributed by atoms with Gasteiger partial charge in [-0.1, -0.05) is 47.7 Å². The minimum Gasteiger partial charge on any atom is -0.497 e. The van der Waals surface area contributed by atoms with Gasteiger partial charge in [0.15, 0.2) is 0 Å². The molecule has 38 heavy (non-hydrogen) atoms. The van der Waals surface area contributed by atoms with Crippen molar-refractivity contribution in [2.45, 2.75) is 45.4 Å². The largest absolute Gasteiger partial charge is 0.497 e. The molecule has 0 spiro atoms. The van der Waals surface area contributed by atoms with E-state index in [0.29, 0.717) is 22.6 Å². The van der Waals surface area contributed by atoms with Crippen LogP contribution in [0.15, 0.2) is 72.8 Å². The zero-order valence-corrected chi connectivity index (χ0v) is 22.3. The molecule has 1 atom stereocenters. The molecule has 0 aliphatic carbocycles. The quantitative estimate of drug-likeness (QED) is 0.360. The van der Waals surface area contributed by atoms with Crippen molar-refractivity contribution in [1.82, 2.24) is 25.2 Å². The lowest BCUT2D eigenvalue weighted by atomic mass is 9.99. The molecule has 0 unspecified atom stereocenters. The highest BCUT2D eigenvalue weighted by atomic mass is 16.5. The van der Waals surface area contributed by atoms with Gasteiger partial charge in [-0.25, -0.2) is 4.68 Å². The van der Waals surface area contributed by atoms with Gasteiger partial charge in [0.2, 0.25) is 11.8 Å². The van der Waals surface area contributed by atoms with Crippen molar-refractivity contribution in [1.29, 1.82) is 0 Å². The number of ether oxygens (including phenoxy) is 2. The molecule has 0 bridgehead atoms. The number of methoxy groups -OCH3 is 2. The first-order chi connectivity index (χ1) is 18.2. The highest BCUT2D eigenvalue weighted by Crippen LogP contribution is 2.35. The molecule has 3 aromatic carbocycles. The Labute approximate surface area is 222 Å². The average molecular weight is 516 g/mol. The maximum absolute atomic E-state index is 14.1. The molecular formula is C29H33N5O4. The Hall–Kier alpha value is -4.40. The van der Waals surface area contributed by atoms with Crippen molar-refractivity contribution in [2.75, 3.05) is 14.2 Å². The number of fused-ring (bicyclic) bond motifs is 1. The summed E-state index contributed by atoms with van der Waals surface area (Å²) in [7, 11) is 3.09. The van der Waals surface area contributed by atoms with Gasteiger partial charge < -0.3 is 19.7 Å². The van der Waals surface area contributed by atoms with Gasteiger partial charge in [-0.2, -0.15) is 0 Å². The number of para-hydroxylation sites is 1. The Kier molecular flexibility index (Phi) is 7.95. The van der Waals surface area contributed by atoms with Crippen LogP contribution in [0, 0.1) is 0 Å². The van der Waals surface area contributed by atoms with E-state index in [2.05, 4.69) is 15.6 Å². The molecule has 0 radical (unpaired) electrons. The highest BCUT2D eigenvalue weighted by Gasteiger charge is 2.36. The van der Waals surface area contributed by atoms with Crippen LogP contribution in [-0.2, 0) is 22.7 Å². The smallest absolute Gasteiger partial charge is 0.248 e. The second-order valence-electron chi connectivity index (χ2n) is 9.99. The van der Waals surface area contributed by atoms with Crippen LogP contribution in [0.1, 0.15) is 37.9 Å². The summed E-state index contributed by atoms with van der Waals surface area (Å²) in [5.74, 6) is 0.376. The molecule has 1 heterocycles. The molecule has 0 saturated carbocycles. The van der Waals surface area contributed by atoms with E-state index in [0.717, 1.165) is 11.1 Å². The van der Waals surface area contributed by atoms with Crippen molar-refractivity contribution in [3.05, 3.63) is 83.9 Å². The Morgan fingerprint density at radius 2 is 1.68 bits per heavy atom. The summed E-state index contributed by atoms with van der Waals surface area (Å²) < 4.78 is 12.7. The van der Waals surface area contributed by atoms with E-state index in [1.165, 1.54) is 7.11 Å². The number of amides is 2. The van der Waals surface area contributed by atoms with Crippen molar-refractivity contribution in [2.24, 2.45) is 0 Å². The number of carbonyl (C=O) groups excluding carboxylic acids is 2. The van der Waals surface area contributed by atoms with Gasteiger partial charge in [0.1, 0.15) is 29.6 Å². The summed E-state index contributed by atoms with van der Waals surface area (Å²) in [6.45, 7) is 5.79. The molecule has 0 saturated heterocycles. The topological polar surface area (TPSA) is 98.6 Å². The van der Waals surface area contributed by atoms with Crippen molar-refractivity contribution >= 4 is 22.8 Å². The van der Waals surface area contributed by atoms with Gasteiger partial charge in [0, 0.05) is 17.6 Å². The molecule has 9 heteroatoms. The lowest BCUT2D eigenvalue weighted by Crippen LogP contribution is -2.49. The first kappa shape index (κ1) is 26.7. The average Bonchev–Trinajstić information content (AvgIpc) is 3.30. The first-order valence-electron chi connectivity index (χ1n) is 12.4. The van der Waals surface area contributed by atoms with Gasteiger partial charge in [-0.3, -0.25) is 9.59 Å². The zero-order valence-electron chi connectivity index (χ0n) is 22.3. The van der Waals surface area contributed by atoms with Crippen LogP contribution in [0.3, 0.4) is 0 Å². The second-order valence-corrected chi connectivity index (χ2v) is 9.99. The van der Waals surface area contributed by atoms with Crippen LogP contribution >= 0.6 is 0 Å². The number of aromatic nitrogens is 3. The molecule has 0 aliphatic heterocycles. The van der Waals surface area contributed by atoms with Crippen LogP contribution in [0.25, 0.3) is 11.0 Å². The predicted octanol–water partition coefficient (Wildman–Crippen LogP) is 4.13. The number of carbonyl (C=O) groups is 2. The minimum absolute atomic E-state index is 0.0983. The van der Waals surface area contributed by atoms with Crippen LogP contribution in [0.5, 0.6) is 11.5 Å². The van der Waals surface area contributed by atoms with E-state index in [1.807, 2.05) is 75.4 Å². The van der Waals surface area contributed by atoms with Crippen LogP contribution in [-0.4, -0.2) is 51.5 Å². The van der Waals surface area contributed by atoms with Crippen LogP contribution in [0.4, 0.5) is 0 Å². The maximum atomic E-state index is 14.1. The number of benzene rings is 3. The van der Waals surface area contributed by atoms with Gasteiger partial charge in [-0.05, 0) is 56.7 Å². The van der Waals surface area contributed by atoms with Gasteiger partial charge in [0.05, 0.1) is 19.7 Å². The third-order valence-corrected chi connectivity index (χ3v) is 6.01. The lowest BCUT2D eigenvalue weighted by molar-refractivity contribution is -0.142. The fourth-order valence-corrected chi connectivity index (χ4v) is 4.30. The summed E-state index contributed by atoms with van der Waals surface area (Å²) in [6, 6.07) is 21.2. The van der Waals surface area contributed by atoms with E-state index in [1.54, 1.807) is 34.9 Å². The Bertz CT molecular complexity index is 1410. The van der Waals surface area contributed by atoms with E-state index < -0.39 is 11.6 Å². The molecule has 4 rings (SSSR count). The van der Waals surface area contributed by atoms with E-state index in [-0.39, 0.29) is 24.9 Å². The number of hydrogen-bond acceptors (Lipinski definition) is 6. The number of rotatable bonds is 9. The van der Waals surface area contributed by atoms with Crippen molar-refractivity contribution in [3.63, 3.8) is 0 Å². The fraction of sp³-hybridized carbons (Fsp3) is 0.310. The summed E-state index contributed by atoms with van der Waals surface area (Å²) in [6.07, 6.45) is 0. The molecule has 0 fully saturated rings. The standard InChI is InChI=1S/C29H33N5O4/c1-29(2,3)30-28(36)27(22-17-21(37-4)15-16-25(22)38-5)33(18-20-11-7-6-8-12-20)26(35)19-34-24-14-10-9-13-23(24)31-32-34/h6-17,27H,18-19H2,1-5H3,(H,30,36)/t27-/m0/s1. The number of nitrogens with one attached hydrogen (secondary N) is 1. The summed E-state index contributed by atoms with van der Waals surface area (Å²) in [4.78, 5) is 29.6. The third-order valence-electron chi connectivity index (χ3n) is 6.01. The molecule has 0 aliphatic rings. The number of hydrogen-bond donors (Lipinski definition) is 1. The monoisotopic (exact) mass is 515 g/mol. The van der Waals surface area contributed by atoms with Crippen molar-refractivity contribution in [3.8, 4) is 11.5 Å². The molecule has 198 valence electrons. The van der Waals surface area contributed by atoms with Crippen LogP contribution < -0.4 is 14.8 Å². The molecule has 1 aromatic heterocycles. The van der Waals surface area contributed by atoms with E-state index in [9.17, 15) is 9.59 Å². The Morgan fingerprint density at radius 1 is 0.974 bits per heavy atom. The highest BCUT2D eigenvalue weighted by molar-refractivity contribution is 5.90. The molecular weight excluding hydrogens is 482 g/mol. The first-order valence-corrected chi connectivity index (χ1v) is 12.4. The Morgan fingerprint density at radius 3 is 2.37 bits per heavy atom. The maximum Gasteiger partial charge on any atom is 0.248 e. The molecule has 2 amide bonds. The second kappa shape index (κ2) is 11.3.